The Morgan fingerprint density at radius 3 is 2.07 bits per heavy atom. The molecule has 0 atom stereocenters. The molecule has 0 aliphatic carbocycles. The summed E-state index contributed by atoms with van der Waals surface area (Å²) in [4.78, 5) is 0.161. The van der Waals surface area contributed by atoms with E-state index in [0.717, 1.165) is 24.8 Å². The maximum Gasteiger partial charge on any atom is 0.262 e. The number of hydrogen-bond donors (Lipinski definition) is 1. The van der Waals surface area contributed by atoms with E-state index in [1.165, 1.54) is 29.6 Å². The average Bonchev–Trinajstić information content (AvgIpc) is 2.67. The van der Waals surface area contributed by atoms with E-state index in [-0.39, 0.29) is 21.2 Å². The van der Waals surface area contributed by atoms with Crippen LogP contribution in [0.3, 0.4) is 0 Å². The number of nitrogens with one attached hydrogen (secondary N) is 1. The second-order valence-corrected chi connectivity index (χ2v) is 11.2. The molecule has 0 unspecified atom stereocenters. The lowest BCUT2D eigenvalue weighted by Gasteiger charge is -2.26. The number of ether oxygens (including phenoxy) is 1. The fraction of sp³-hybridized carbons (Fsp3) is 0.429. The number of anilines is 1. The van der Waals surface area contributed by atoms with Gasteiger partial charge in [0.25, 0.3) is 10.0 Å². The minimum absolute atomic E-state index is 0.0375. The summed E-state index contributed by atoms with van der Waals surface area (Å²) in [6.07, 6.45) is 2.61. The van der Waals surface area contributed by atoms with Crippen molar-refractivity contribution in [1.82, 2.24) is 4.31 Å². The van der Waals surface area contributed by atoms with Crippen LogP contribution in [-0.4, -0.2) is 41.3 Å². The van der Waals surface area contributed by atoms with Gasteiger partial charge >= 0.3 is 0 Å². The molecule has 1 N–H and O–H groups in total. The van der Waals surface area contributed by atoms with E-state index in [1.807, 2.05) is 19.1 Å². The Hall–Kier alpha value is -2.10. The molecule has 2 aromatic carbocycles. The summed E-state index contributed by atoms with van der Waals surface area (Å²) in [7, 11) is -6.30. The minimum Gasteiger partial charge on any atom is -0.495 e. The van der Waals surface area contributed by atoms with Crippen LogP contribution in [0, 0.1) is 20.8 Å². The Morgan fingerprint density at radius 2 is 1.50 bits per heavy atom. The largest absolute Gasteiger partial charge is 0.495 e. The number of aryl methyl sites for hydroxylation is 3. The second-order valence-electron chi connectivity index (χ2n) is 7.66. The molecule has 3 rings (SSSR count). The van der Waals surface area contributed by atoms with Crippen molar-refractivity contribution >= 4 is 25.7 Å². The summed E-state index contributed by atoms with van der Waals surface area (Å²) < 4.78 is 61.7. The van der Waals surface area contributed by atoms with Gasteiger partial charge in [-0.2, -0.15) is 4.31 Å². The molecule has 164 valence electrons. The van der Waals surface area contributed by atoms with Gasteiger partial charge in [0.05, 0.1) is 17.7 Å². The third kappa shape index (κ3) is 4.48. The first-order valence-electron chi connectivity index (χ1n) is 9.85. The van der Waals surface area contributed by atoms with Gasteiger partial charge in [0.1, 0.15) is 10.6 Å². The first kappa shape index (κ1) is 22.6. The molecule has 0 spiro atoms. The molecule has 1 fully saturated rings. The highest BCUT2D eigenvalue weighted by Gasteiger charge is 2.30. The van der Waals surface area contributed by atoms with Crippen LogP contribution in [0.15, 0.2) is 40.1 Å². The molecule has 1 aliphatic heterocycles. The van der Waals surface area contributed by atoms with Crippen molar-refractivity contribution in [2.75, 3.05) is 24.9 Å². The normalized spacial score (nSPS) is 15.7. The molecule has 30 heavy (non-hydrogen) atoms. The third-order valence-electron chi connectivity index (χ3n) is 5.22. The minimum atomic E-state index is -3.90. The van der Waals surface area contributed by atoms with Gasteiger partial charge in [0.2, 0.25) is 10.0 Å². The van der Waals surface area contributed by atoms with E-state index >= 15 is 0 Å². The van der Waals surface area contributed by atoms with E-state index in [1.54, 1.807) is 13.8 Å². The van der Waals surface area contributed by atoms with E-state index < -0.39 is 20.0 Å². The summed E-state index contributed by atoms with van der Waals surface area (Å²) in [5.74, 6) is 0.186. The van der Waals surface area contributed by atoms with Gasteiger partial charge in [0, 0.05) is 13.1 Å². The number of piperidine rings is 1. The highest BCUT2D eigenvalue weighted by molar-refractivity contribution is 7.92. The molecule has 0 saturated carbocycles. The van der Waals surface area contributed by atoms with Crippen molar-refractivity contribution in [2.45, 2.75) is 49.8 Å². The van der Waals surface area contributed by atoms with Crippen LogP contribution >= 0.6 is 0 Å². The lowest BCUT2D eigenvalue weighted by Crippen LogP contribution is -2.35. The molecular weight excluding hydrogens is 424 g/mol. The van der Waals surface area contributed by atoms with Gasteiger partial charge in [0.15, 0.2) is 0 Å². The summed E-state index contributed by atoms with van der Waals surface area (Å²) in [5, 5.41) is 0. The molecule has 0 radical (unpaired) electrons. The van der Waals surface area contributed by atoms with E-state index in [2.05, 4.69) is 4.72 Å². The lowest BCUT2D eigenvalue weighted by molar-refractivity contribution is 0.343. The average molecular weight is 453 g/mol. The van der Waals surface area contributed by atoms with Gasteiger partial charge in [-0.3, -0.25) is 4.72 Å². The highest BCUT2D eigenvalue weighted by Crippen LogP contribution is 2.32. The summed E-state index contributed by atoms with van der Waals surface area (Å²) in [6.45, 7) is 6.29. The Kier molecular flexibility index (Phi) is 6.45. The van der Waals surface area contributed by atoms with E-state index in [0.29, 0.717) is 24.2 Å². The van der Waals surface area contributed by atoms with Crippen molar-refractivity contribution in [3.05, 3.63) is 47.0 Å². The second kappa shape index (κ2) is 8.56. The molecule has 1 aliphatic rings. The van der Waals surface area contributed by atoms with Crippen LogP contribution in [0.2, 0.25) is 0 Å². The number of nitrogens with zero attached hydrogens (tertiary/aromatic N) is 1. The number of methoxy groups -OCH3 is 1. The van der Waals surface area contributed by atoms with Gasteiger partial charge in [-0.25, -0.2) is 16.8 Å². The highest BCUT2D eigenvalue weighted by atomic mass is 32.2. The predicted molar refractivity (Wildman–Crippen MR) is 117 cm³/mol. The SMILES string of the molecule is COc1ccc(NS(=O)(=O)c2c(C)cc(C)cc2C)cc1S(=O)(=O)N1CCCCC1. The zero-order chi connectivity index (χ0) is 22.1. The van der Waals surface area contributed by atoms with Crippen LogP contribution in [0.4, 0.5) is 5.69 Å². The van der Waals surface area contributed by atoms with E-state index in [4.69, 9.17) is 4.74 Å². The zero-order valence-electron chi connectivity index (χ0n) is 17.7. The Morgan fingerprint density at radius 1 is 0.900 bits per heavy atom. The molecule has 1 saturated heterocycles. The van der Waals surface area contributed by atoms with E-state index in [9.17, 15) is 16.8 Å². The Bertz CT molecular complexity index is 1130. The quantitative estimate of drug-likeness (QED) is 0.723. The third-order valence-corrected chi connectivity index (χ3v) is 8.83. The number of rotatable bonds is 6. The Labute approximate surface area is 179 Å². The lowest BCUT2D eigenvalue weighted by atomic mass is 10.1. The standard InChI is InChI=1S/C21H28N2O5S2/c1-15-12-16(2)21(17(3)13-15)29(24,25)22-18-8-9-19(28-4)20(14-18)30(26,27)23-10-6-5-7-11-23/h8-9,12-14,22H,5-7,10-11H2,1-4H3. The molecular formula is C21H28N2O5S2. The molecule has 1 heterocycles. The van der Waals surface area contributed by atoms with Crippen LogP contribution in [-0.2, 0) is 20.0 Å². The summed E-state index contributed by atoms with van der Waals surface area (Å²) >= 11 is 0. The molecule has 9 heteroatoms. The van der Waals surface area contributed by atoms with Crippen molar-refractivity contribution in [2.24, 2.45) is 0 Å². The molecule has 2 aromatic rings. The van der Waals surface area contributed by atoms with Gasteiger partial charge in [-0.05, 0) is 62.9 Å². The number of benzene rings is 2. The molecule has 0 aromatic heterocycles. The molecule has 7 nitrogen and oxygen atoms in total. The van der Waals surface area contributed by atoms with Crippen molar-refractivity contribution in [3.8, 4) is 5.75 Å². The molecule has 0 bridgehead atoms. The summed E-state index contributed by atoms with van der Waals surface area (Å²) in [5.41, 5.74) is 2.42. The first-order valence-corrected chi connectivity index (χ1v) is 12.8. The van der Waals surface area contributed by atoms with Crippen molar-refractivity contribution in [1.29, 1.82) is 0 Å². The maximum atomic E-state index is 13.2. The fourth-order valence-corrected chi connectivity index (χ4v) is 7.19. The summed E-state index contributed by atoms with van der Waals surface area (Å²) in [6, 6.07) is 7.93. The maximum absolute atomic E-state index is 13.2. The number of hydrogen-bond acceptors (Lipinski definition) is 5. The van der Waals surface area contributed by atoms with Crippen LogP contribution in [0.25, 0.3) is 0 Å². The molecule has 0 amide bonds. The van der Waals surface area contributed by atoms with Gasteiger partial charge in [-0.15, -0.1) is 0 Å². The van der Waals surface area contributed by atoms with Gasteiger partial charge in [-0.1, -0.05) is 24.1 Å². The first-order chi connectivity index (χ1) is 14.1. The predicted octanol–water partition coefficient (Wildman–Crippen LogP) is 3.60. The fourth-order valence-electron chi connectivity index (χ4n) is 3.98. The van der Waals surface area contributed by atoms with Crippen molar-refractivity contribution in [3.63, 3.8) is 0 Å². The topological polar surface area (TPSA) is 92.8 Å². The van der Waals surface area contributed by atoms with Crippen molar-refractivity contribution < 1.29 is 21.6 Å². The smallest absolute Gasteiger partial charge is 0.262 e. The van der Waals surface area contributed by atoms with Crippen LogP contribution in [0.5, 0.6) is 5.75 Å². The van der Waals surface area contributed by atoms with Gasteiger partial charge < -0.3 is 4.74 Å². The monoisotopic (exact) mass is 452 g/mol. The Balaban J connectivity index is 2.01. The van der Waals surface area contributed by atoms with Crippen LogP contribution < -0.4 is 9.46 Å². The zero-order valence-corrected chi connectivity index (χ0v) is 19.4. The van der Waals surface area contributed by atoms with Crippen LogP contribution in [0.1, 0.15) is 36.0 Å². The number of sulfonamides is 2.